The summed E-state index contributed by atoms with van der Waals surface area (Å²) in [7, 11) is -1.88. The summed E-state index contributed by atoms with van der Waals surface area (Å²) < 4.78 is 31.3. The van der Waals surface area contributed by atoms with Crippen molar-refractivity contribution in [1.29, 1.82) is 0 Å². The lowest BCUT2D eigenvalue weighted by Gasteiger charge is -2.45. The van der Waals surface area contributed by atoms with E-state index in [1.807, 2.05) is 32.9 Å². The molecule has 7 atom stereocenters. The van der Waals surface area contributed by atoms with Gasteiger partial charge in [-0.25, -0.2) is 0 Å². The lowest BCUT2D eigenvalue weighted by atomic mass is 9.61. The maximum atomic E-state index is 12.9. The van der Waals surface area contributed by atoms with E-state index in [2.05, 4.69) is 13.8 Å². The highest BCUT2D eigenvalue weighted by molar-refractivity contribution is 7.86. The zero-order valence-corrected chi connectivity index (χ0v) is 22.5. The molecule has 1 saturated heterocycles. The molecule has 1 heterocycles. The summed E-state index contributed by atoms with van der Waals surface area (Å²) in [6.07, 6.45) is 6.24. The molecule has 0 amide bonds. The minimum atomic E-state index is -3.83. The van der Waals surface area contributed by atoms with E-state index in [9.17, 15) is 13.5 Å². The second kappa shape index (κ2) is 9.47. The average Bonchev–Trinajstić information content (AvgIpc) is 3.20. The highest BCUT2D eigenvalue weighted by Crippen LogP contribution is 2.58. The van der Waals surface area contributed by atoms with Crippen LogP contribution in [0.4, 0.5) is 0 Å². The molecule has 2 saturated carbocycles. The molecule has 2 aliphatic carbocycles. The SMILES string of the molecule is Cc1ccc(S(=O)(=O)OCC2[C@H](CC(C)[C@H]3CC[C@H]4[C@@H](O)CCC[C@]34C)N(C)OC2(C)C)cc1. The van der Waals surface area contributed by atoms with Crippen LogP contribution < -0.4 is 0 Å². The minimum absolute atomic E-state index is 0.0642. The molecule has 1 aliphatic heterocycles. The maximum absolute atomic E-state index is 12.9. The van der Waals surface area contributed by atoms with Gasteiger partial charge < -0.3 is 5.11 Å². The Kier molecular flexibility index (Phi) is 7.27. The van der Waals surface area contributed by atoms with Crippen molar-refractivity contribution < 1.29 is 22.5 Å². The lowest BCUT2D eigenvalue weighted by molar-refractivity contribution is -0.181. The van der Waals surface area contributed by atoms with Gasteiger partial charge in [0.25, 0.3) is 10.1 Å². The Hall–Kier alpha value is -0.990. The number of aliphatic hydroxyl groups excluding tert-OH is 1. The molecule has 1 aromatic rings. The molecule has 0 radical (unpaired) electrons. The van der Waals surface area contributed by atoms with E-state index in [0.717, 1.165) is 37.7 Å². The third kappa shape index (κ3) is 4.83. The first-order chi connectivity index (χ1) is 15.8. The van der Waals surface area contributed by atoms with E-state index in [0.29, 0.717) is 17.8 Å². The molecule has 0 bridgehead atoms. The summed E-state index contributed by atoms with van der Waals surface area (Å²) in [4.78, 5) is 6.38. The fourth-order valence-electron chi connectivity index (χ4n) is 7.45. The minimum Gasteiger partial charge on any atom is -0.393 e. The average molecular weight is 494 g/mol. The van der Waals surface area contributed by atoms with Gasteiger partial charge in [-0.05, 0) is 88.2 Å². The van der Waals surface area contributed by atoms with Crippen LogP contribution >= 0.6 is 0 Å². The van der Waals surface area contributed by atoms with E-state index in [1.54, 1.807) is 24.3 Å². The van der Waals surface area contributed by atoms with Gasteiger partial charge in [-0.2, -0.15) is 13.5 Å². The largest absolute Gasteiger partial charge is 0.393 e. The molecule has 0 spiro atoms. The van der Waals surface area contributed by atoms with Crippen LogP contribution in [0, 0.1) is 36.0 Å². The number of hydrogen-bond donors (Lipinski definition) is 1. The first-order valence-corrected chi connectivity index (χ1v) is 14.3. The Morgan fingerprint density at radius 2 is 1.85 bits per heavy atom. The van der Waals surface area contributed by atoms with E-state index in [-0.39, 0.29) is 35.0 Å². The fourth-order valence-corrected chi connectivity index (χ4v) is 8.38. The smallest absolute Gasteiger partial charge is 0.296 e. The molecule has 1 aromatic carbocycles. The summed E-state index contributed by atoms with van der Waals surface area (Å²) in [5, 5.41) is 12.6. The number of aryl methyl sites for hydroxylation is 1. The Bertz CT molecular complexity index is 962. The van der Waals surface area contributed by atoms with Crippen molar-refractivity contribution in [1.82, 2.24) is 5.06 Å². The normalized spacial score (nSPS) is 37.0. The van der Waals surface area contributed by atoms with Gasteiger partial charge in [0, 0.05) is 19.0 Å². The van der Waals surface area contributed by atoms with Crippen molar-refractivity contribution in [2.24, 2.45) is 29.1 Å². The Labute approximate surface area is 206 Å². The molecular weight excluding hydrogens is 450 g/mol. The lowest BCUT2D eigenvalue weighted by Crippen LogP contribution is -2.43. The zero-order valence-electron chi connectivity index (χ0n) is 21.7. The quantitative estimate of drug-likeness (QED) is 0.542. The number of fused-ring (bicyclic) bond motifs is 1. The highest BCUT2D eigenvalue weighted by atomic mass is 32.2. The summed E-state index contributed by atoms with van der Waals surface area (Å²) in [6, 6.07) is 6.84. The Morgan fingerprint density at radius 1 is 1.18 bits per heavy atom. The summed E-state index contributed by atoms with van der Waals surface area (Å²) >= 11 is 0. The molecule has 6 nitrogen and oxygen atoms in total. The van der Waals surface area contributed by atoms with Gasteiger partial charge in [0.05, 0.1) is 23.2 Å². The zero-order chi connectivity index (χ0) is 24.9. The van der Waals surface area contributed by atoms with Gasteiger partial charge >= 0.3 is 0 Å². The van der Waals surface area contributed by atoms with Crippen molar-refractivity contribution in [3.8, 4) is 0 Å². The van der Waals surface area contributed by atoms with Gasteiger partial charge in [0.2, 0.25) is 0 Å². The van der Waals surface area contributed by atoms with Crippen LogP contribution in [0.25, 0.3) is 0 Å². The van der Waals surface area contributed by atoms with E-state index in [1.165, 1.54) is 6.42 Å². The first-order valence-electron chi connectivity index (χ1n) is 12.9. The monoisotopic (exact) mass is 493 g/mol. The molecular formula is C27H43NO5S. The number of nitrogens with zero attached hydrogens (tertiary/aromatic N) is 1. The molecule has 3 aliphatic rings. The second-order valence-electron chi connectivity index (χ2n) is 11.9. The molecule has 2 unspecified atom stereocenters. The molecule has 1 N–H and O–H groups in total. The van der Waals surface area contributed by atoms with Crippen LogP contribution in [-0.2, 0) is 19.1 Å². The van der Waals surface area contributed by atoms with E-state index < -0.39 is 15.7 Å². The van der Waals surface area contributed by atoms with E-state index in [4.69, 9.17) is 9.02 Å². The van der Waals surface area contributed by atoms with Crippen LogP contribution in [0.5, 0.6) is 0 Å². The molecule has 7 heteroatoms. The highest BCUT2D eigenvalue weighted by Gasteiger charge is 2.54. The van der Waals surface area contributed by atoms with Gasteiger partial charge in [-0.3, -0.25) is 9.02 Å². The predicted octanol–water partition coefficient (Wildman–Crippen LogP) is 4.94. The van der Waals surface area contributed by atoms with Crippen LogP contribution in [0.2, 0.25) is 0 Å². The first kappa shape index (κ1) is 26.1. The molecule has 4 rings (SSSR count). The van der Waals surface area contributed by atoms with Crippen LogP contribution in [0.15, 0.2) is 29.2 Å². The second-order valence-corrected chi connectivity index (χ2v) is 13.6. The van der Waals surface area contributed by atoms with Crippen LogP contribution in [0.3, 0.4) is 0 Å². The van der Waals surface area contributed by atoms with E-state index >= 15 is 0 Å². The standard InChI is InChI=1S/C27H43NO5S/c1-18-9-11-20(12-10-18)34(30,31)32-17-23-24(28(6)33-26(23,3)4)16-19(2)21-13-14-22-25(29)8-7-15-27(21,22)5/h9-12,19,21-25,29H,7-8,13-17H2,1-6H3/t19?,21-,22+,23?,24+,25+,27-/m1/s1. The number of hydroxylamine groups is 2. The predicted molar refractivity (Wildman–Crippen MR) is 132 cm³/mol. The van der Waals surface area contributed by atoms with Crippen molar-refractivity contribution in [2.45, 2.75) is 95.8 Å². The van der Waals surface area contributed by atoms with Crippen molar-refractivity contribution >= 4 is 10.1 Å². The summed E-state index contributed by atoms with van der Waals surface area (Å²) in [6.45, 7) is 10.8. The molecule has 3 fully saturated rings. The topological polar surface area (TPSA) is 76.1 Å². The van der Waals surface area contributed by atoms with Gasteiger partial charge in [0.15, 0.2) is 0 Å². The molecule has 192 valence electrons. The maximum Gasteiger partial charge on any atom is 0.296 e. The van der Waals surface area contributed by atoms with Crippen LogP contribution in [0.1, 0.15) is 71.8 Å². The molecule has 0 aromatic heterocycles. The Morgan fingerprint density at radius 3 is 2.53 bits per heavy atom. The summed E-state index contributed by atoms with van der Waals surface area (Å²) in [5.41, 5.74) is 0.671. The number of aliphatic hydroxyl groups is 1. The summed E-state index contributed by atoms with van der Waals surface area (Å²) in [5.74, 6) is 1.33. The van der Waals surface area contributed by atoms with Gasteiger partial charge in [-0.15, -0.1) is 0 Å². The third-order valence-electron chi connectivity index (χ3n) is 9.38. The molecule has 34 heavy (non-hydrogen) atoms. The number of hydrogen-bond acceptors (Lipinski definition) is 6. The number of benzene rings is 1. The third-order valence-corrected chi connectivity index (χ3v) is 10.7. The van der Waals surface area contributed by atoms with Gasteiger partial charge in [-0.1, -0.05) is 38.0 Å². The van der Waals surface area contributed by atoms with Crippen molar-refractivity contribution in [2.75, 3.05) is 13.7 Å². The van der Waals surface area contributed by atoms with Crippen molar-refractivity contribution in [3.05, 3.63) is 29.8 Å². The number of rotatable bonds is 7. The van der Waals surface area contributed by atoms with Crippen LogP contribution in [-0.4, -0.2) is 50.0 Å². The fraction of sp³-hybridized carbons (Fsp3) is 0.778. The van der Waals surface area contributed by atoms with Crippen molar-refractivity contribution in [3.63, 3.8) is 0 Å². The van der Waals surface area contributed by atoms with Gasteiger partial charge in [0.1, 0.15) is 0 Å². The Balaban J connectivity index is 1.47.